The molecule has 118 valence electrons. The van der Waals surface area contributed by atoms with Gasteiger partial charge in [-0.15, -0.1) is 0 Å². The summed E-state index contributed by atoms with van der Waals surface area (Å²) in [6.45, 7) is 0. The number of hydrogen-bond donors (Lipinski definition) is 1. The van der Waals surface area contributed by atoms with Crippen molar-refractivity contribution in [2.75, 3.05) is 12.0 Å². The standard InChI is InChI=1S/C19H15N3S2/c1-23-19-21-17-9-8-15(11-16(17)18(20)22-19)24-14-7-6-12-4-2-3-5-13(12)10-14/h2-11H,1H3,(H2,20,21,22). The van der Waals surface area contributed by atoms with Gasteiger partial charge in [0.2, 0.25) is 0 Å². The van der Waals surface area contributed by atoms with E-state index in [-0.39, 0.29) is 0 Å². The van der Waals surface area contributed by atoms with E-state index in [4.69, 9.17) is 5.73 Å². The molecule has 0 aliphatic rings. The molecular formula is C19H15N3S2. The SMILES string of the molecule is CSc1nc(N)c2cc(Sc3ccc4ccccc4c3)ccc2n1. The average molecular weight is 349 g/mol. The molecular weight excluding hydrogens is 334 g/mol. The van der Waals surface area contributed by atoms with Crippen LogP contribution in [0.3, 0.4) is 0 Å². The number of nitrogens with two attached hydrogens (primary N) is 1. The van der Waals surface area contributed by atoms with Crippen LogP contribution in [0.2, 0.25) is 0 Å². The first kappa shape index (κ1) is 15.3. The van der Waals surface area contributed by atoms with Crippen molar-refractivity contribution in [1.82, 2.24) is 9.97 Å². The third kappa shape index (κ3) is 2.92. The van der Waals surface area contributed by atoms with E-state index in [1.165, 1.54) is 27.4 Å². The Kier molecular flexibility index (Phi) is 4.04. The van der Waals surface area contributed by atoms with Crippen LogP contribution in [0.25, 0.3) is 21.7 Å². The third-order valence-electron chi connectivity index (χ3n) is 3.82. The maximum absolute atomic E-state index is 6.10. The topological polar surface area (TPSA) is 51.8 Å². The lowest BCUT2D eigenvalue weighted by Crippen LogP contribution is -1.96. The Morgan fingerprint density at radius 2 is 1.58 bits per heavy atom. The molecule has 1 heterocycles. The number of thioether (sulfide) groups is 1. The Hall–Kier alpha value is -2.24. The van der Waals surface area contributed by atoms with Crippen molar-refractivity contribution in [3.8, 4) is 0 Å². The molecule has 0 amide bonds. The van der Waals surface area contributed by atoms with Crippen molar-refractivity contribution in [1.29, 1.82) is 0 Å². The summed E-state index contributed by atoms with van der Waals surface area (Å²) in [5.74, 6) is 0.533. The summed E-state index contributed by atoms with van der Waals surface area (Å²) in [7, 11) is 0. The van der Waals surface area contributed by atoms with E-state index >= 15 is 0 Å². The Labute approximate surface area is 148 Å². The van der Waals surface area contributed by atoms with Crippen LogP contribution in [-0.4, -0.2) is 16.2 Å². The minimum Gasteiger partial charge on any atom is -0.383 e. The van der Waals surface area contributed by atoms with Crippen LogP contribution >= 0.6 is 23.5 Å². The molecule has 5 heteroatoms. The second-order valence-corrected chi connectivity index (χ2v) is 7.31. The van der Waals surface area contributed by atoms with E-state index in [1.807, 2.05) is 12.3 Å². The van der Waals surface area contributed by atoms with Gasteiger partial charge in [0.25, 0.3) is 0 Å². The molecule has 2 N–H and O–H groups in total. The van der Waals surface area contributed by atoms with Gasteiger partial charge in [0.1, 0.15) is 5.82 Å². The molecule has 0 fully saturated rings. The molecule has 4 rings (SSSR count). The van der Waals surface area contributed by atoms with Crippen molar-refractivity contribution < 1.29 is 0 Å². The number of fused-ring (bicyclic) bond motifs is 2. The first-order valence-corrected chi connectivity index (χ1v) is 9.55. The number of nitrogen functional groups attached to an aromatic ring is 1. The van der Waals surface area contributed by atoms with Gasteiger partial charge >= 0.3 is 0 Å². The molecule has 0 aliphatic carbocycles. The Bertz CT molecular complexity index is 1050. The number of benzene rings is 3. The second kappa shape index (κ2) is 6.34. The van der Waals surface area contributed by atoms with E-state index in [2.05, 4.69) is 64.6 Å². The summed E-state index contributed by atoms with van der Waals surface area (Å²) in [5.41, 5.74) is 6.98. The molecule has 0 aliphatic heterocycles. The van der Waals surface area contributed by atoms with Gasteiger partial charge in [0, 0.05) is 15.2 Å². The van der Waals surface area contributed by atoms with Crippen LogP contribution in [0.15, 0.2) is 75.6 Å². The van der Waals surface area contributed by atoms with E-state index in [1.54, 1.807) is 11.8 Å². The second-order valence-electron chi connectivity index (χ2n) is 5.39. The molecule has 4 aromatic rings. The van der Waals surface area contributed by atoms with Gasteiger partial charge in [-0.05, 0) is 47.4 Å². The van der Waals surface area contributed by atoms with Crippen LogP contribution in [-0.2, 0) is 0 Å². The fourth-order valence-electron chi connectivity index (χ4n) is 2.63. The highest BCUT2D eigenvalue weighted by Gasteiger charge is 2.07. The summed E-state index contributed by atoms with van der Waals surface area (Å²) in [5, 5.41) is 4.10. The smallest absolute Gasteiger partial charge is 0.189 e. The molecule has 0 saturated heterocycles. The Morgan fingerprint density at radius 1 is 0.833 bits per heavy atom. The molecule has 0 radical (unpaired) electrons. The molecule has 1 aromatic heterocycles. The van der Waals surface area contributed by atoms with Gasteiger partial charge in [-0.1, -0.05) is 53.9 Å². The number of nitrogens with zero attached hydrogens (tertiary/aromatic N) is 2. The van der Waals surface area contributed by atoms with Crippen molar-refractivity contribution in [2.24, 2.45) is 0 Å². The van der Waals surface area contributed by atoms with Gasteiger partial charge in [0.05, 0.1) is 5.52 Å². The monoisotopic (exact) mass is 349 g/mol. The van der Waals surface area contributed by atoms with Gasteiger partial charge in [-0.3, -0.25) is 0 Å². The predicted octanol–water partition coefficient (Wildman–Crippen LogP) is 5.24. The first-order chi connectivity index (χ1) is 11.7. The number of hydrogen-bond acceptors (Lipinski definition) is 5. The molecule has 0 spiro atoms. The number of rotatable bonds is 3. The zero-order valence-corrected chi connectivity index (χ0v) is 14.7. The molecule has 0 unspecified atom stereocenters. The quantitative estimate of drug-likeness (QED) is 0.405. The van der Waals surface area contributed by atoms with E-state index in [0.717, 1.165) is 15.8 Å². The van der Waals surface area contributed by atoms with Crippen LogP contribution < -0.4 is 5.73 Å². The number of anilines is 1. The summed E-state index contributed by atoms with van der Waals surface area (Å²) >= 11 is 3.22. The van der Waals surface area contributed by atoms with E-state index in [9.17, 15) is 0 Å². The minimum atomic E-state index is 0.533. The minimum absolute atomic E-state index is 0.533. The first-order valence-electron chi connectivity index (χ1n) is 7.51. The normalized spacial score (nSPS) is 11.2. The Balaban J connectivity index is 1.71. The van der Waals surface area contributed by atoms with Gasteiger partial charge in [0.15, 0.2) is 5.16 Å². The fraction of sp³-hybridized carbons (Fsp3) is 0.0526. The lowest BCUT2D eigenvalue weighted by atomic mass is 10.1. The summed E-state index contributed by atoms with van der Waals surface area (Å²) in [4.78, 5) is 11.2. The molecule has 3 aromatic carbocycles. The summed E-state index contributed by atoms with van der Waals surface area (Å²) in [6, 6.07) is 21.1. The van der Waals surface area contributed by atoms with E-state index < -0.39 is 0 Å². The Morgan fingerprint density at radius 3 is 2.42 bits per heavy atom. The van der Waals surface area contributed by atoms with Gasteiger partial charge in [-0.25, -0.2) is 9.97 Å². The molecule has 24 heavy (non-hydrogen) atoms. The summed E-state index contributed by atoms with van der Waals surface area (Å²) < 4.78 is 0. The maximum atomic E-state index is 6.10. The van der Waals surface area contributed by atoms with Crippen LogP contribution in [0.5, 0.6) is 0 Å². The van der Waals surface area contributed by atoms with Crippen molar-refractivity contribution in [3.63, 3.8) is 0 Å². The van der Waals surface area contributed by atoms with E-state index in [0.29, 0.717) is 11.0 Å². The zero-order valence-electron chi connectivity index (χ0n) is 13.1. The highest BCUT2D eigenvalue weighted by atomic mass is 32.2. The molecule has 3 nitrogen and oxygen atoms in total. The maximum Gasteiger partial charge on any atom is 0.189 e. The predicted molar refractivity (Wildman–Crippen MR) is 104 cm³/mol. The van der Waals surface area contributed by atoms with Crippen molar-refractivity contribution >= 4 is 51.0 Å². The molecule has 0 saturated carbocycles. The van der Waals surface area contributed by atoms with Gasteiger partial charge in [-0.2, -0.15) is 0 Å². The van der Waals surface area contributed by atoms with Crippen molar-refractivity contribution in [3.05, 3.63) is 60.7 Å². The average Bonchev–Trinajstić information content (AvgIpc) is 2.62. The molecule has 0 atom stereocenters. The lowest BCUT2D eigenvalue weighted by molar-refractivity contribution is 1.01. The highest BCUT2D eigenvalue weighted by molar-refractivity contribution is 7.99. The largest absolute Gasteiger partial charge is 0.383 e. The number of aromatic nitrogens is 2. The molecule has 0 bridgehead atoms. The lowest BCUT2D eigenvalue weighted by Gasteiger charge is -2.07. The van der Waals surface area contributed by atoms with Crippen LogP contribution in [0, 0.1) is 0 Å². The fourth-order valence-corrected chi connectivity index (χ4v) is 3.92. The highest BCUT2D eigenvalue weighted by Crippen LogP contribution is 2.33. The summed E-state index contributed by atoms with van der Waals surface area (Å²) in [6.07, 6.45) is 1.95. The van der Waals surface area contributed by atoms with Crippen molar-refractivity contribution in [2.45, 2.75) is 14.9 Å². The third-order valence-corrected chi connectivity index (χ3v) is 5.34. The van der Waals surface area contributed by atoms with Crippen LogP contribution in [0.4, 0.5) is 5.82 Å². The van der Waals surface area contributed by atoms with Crippen LogP contribution in [0.1, 0.15) is 0 Å². The zero-order chi connectivity index (χ0) is 16.5. The van der Waals surface area contributed by atoms with Gasteiger partial charge < -0.3 is 5.73 Å².